The molecule has 0 aliphatic heterocycles. The third-order valence-electron chi connectivity index (χ3n) is 6.42. The maximum Gasteiger partial charge on any atom is 0.129 e. The van der Waals surface area contributed by atoms with E-state index < -0.39 is 0 Å². The SMILES string of the molecule is C=O.CCCc1c(Nc2cc(C3CCC(NC(C)C)C3)nn2C(C)(C)C)ccc(C)c1C.CO.CO. The molecule has 0 saturated heterocycles. The maximum atomic E-state index is 8.00. The number of carbonyl (C=O) groups is 1. The lowest BCUT2D eigenvalue weighted by molar-refractivity contribution is -0.0980. The Bertz CT molecular complexity index is 887. The van der Waals surface area contributed by atoms with E-state index in [1.807, 2.05) is 6.79 Å². The van der Waals surface area contributed by atoms with E-state index >= 15 is 0 Å². The van der Waals surface area contributed by atoms with Crippen LogP contribution in [0.25, 0.3) is 0 Å². The van der Waals surface area contributed by atoms with Crippen LogP contribution in [-0.2, 0) is 16.8 Å². The van der Waals surface area contributed by atoms with E-state index in [2.05, 4.69) is 88.9 Å². The first kappa shape index (κ1) is 33.8. The van der Waals surface area contributed by atoms with Crippen LogP contribution in [-0.4, -0.2) is 53.1 Å². The average Bonchev–Trinajstić information content (AvgIpc) is 3.49. The first-order valence-corrected chi connectivity index (χ1v) is 13.0. The molecule has 0 bridgehead atoms. The second-order valence-corrected chi connectivity index (χ2v) is 10.5. The highest BCUT2D eigenvalue weighted by Gasteiger charge is 2.30. The molecule has 1 heterocycles. The van der Waals surface area contributed by atoms with E-state index in [-0.39, 0.29) is 5.54 Å². The summed E-state index contributed by atoms with van der Waals surface area (Å²) in [4.78, 5) is 8.00. The molecule has 3 rings (SSSR count). The lowest BCUT2D eigenvalue weighted by Gasteiger charge is -2.24. The smallest absolute Gasteiger partial charge is 0.129 e. The van der Waals surface area contributed by atoms with Crippen molar-refractivity contribution in [2.45, 2.75) is 111 Å². The quantitative estimate of drug-likeness (QED) is 0.391. The minimum atomic E-state index is -0.0700. The molecule has 1 fully saturated rings. The van der Waals surface area contributed by atoms with Crippen molar-refractivity contribution in [3.05, 3.63) is 40.6 Å². The van der Waals surface area contributed by atoms with Gasteiger partial charge in [0, 0.05) is 44.0 Å². The van der Waals surface area contributed by atoms with Crippen LogP contribution in [0, 0.1) is 13.8 Å². The van der Waals surface area contributed by atoms with Gasteiger partial charge in [0.1, 0.15) is 12.6 Å². The highest BCUT2D eigenvalue weighted by atomic mass is 16.2. The topological polar surface area (TPSA) is 99.4 Å². The number of hydrogen-bond acceptors (Lipinski definition) is 6. The van der Waals surface area contributed by atoms with E-state index in [1.54, 1.807) is 0 Å². The Labute approximate surface area is 219 Å². The number of carbonyl (C=O) groups excluding carboxylic acids is 1. The highest BCUT2D eigenvalue weighted by molar-refractivity contribution is 5.64. The fourth-order valence-corrected chi connectivity index (χ4v) is 4.77. The van der Waals surface area contributed by atoms with E-state index in [1.165, 1.54) is 47.3 Å². The summed E-state index contributed by atoms with van der Waals surface area (Å²) in [7, 11) is 2.00. The number of aromatic nitrogens is 2. The molecule has 1 aromatic heterocycles. The molecule has 7 nitrogen and oxygen atoms in total. The Kier molecular flexibility index (Phi) is 15.5. The van der Waals surface area contributed by atoms with Gasteiger partial charge in [-0.25, -0.2) is 4.68 Å². The summed E-state index contributed by atoms with van der Waals surface area (Å²) in [6.07, 6.45) is 5.89. The second-order valence-electron chi connectivity index (χ2n) is 10.5. The number of nitrogens with one attached hydrogen (secondary N) is 2. The largest absolute Gasteiger partial charge is 0.400 e. The van der Waals surface area contributed by atoms with Crippen LogP contribution >= 0.6 is 0 Å². The summed E-state index contributed by atoms with van der Waals surface area (Å²) in [5, 5.41) is 26.6. The standard InChI is InChI=1S/C26H42N4.2CH4O.CH2O/c1-9-10-22-19(5)18(4)11-14-23(22)28-25-16-24(29-30(25)26(6,7)8)20-12-13-21(15-20)27-17(2)3;3*1-2/h11,14,16-17,20-21,27-28H,9-10,12-13,15H2,1-8H3;2*2H,1H3;1H2. The zero-order valence-corrected chi connectivity index (χ0v) is 24.4. The van der Waals surface area contributed by atoms with Crippen LogP contribution in [0.1, 0.15) is 95.5 Å². The molecular formula is C29H52N4O3. The minimum absolute atomic E-state index is 0.0700. The van der Waals surface area contributed by atoms with Crippen molar-refractivity contribution in [3.63, 3.8) is 0 Å². The Morgan fingerprint density at radius 1 is 1.11 bits per heavy atom. The van der Waals surface area contributed by atoms with Crippen molar-refractivity contribution in [1.82, 2.24) is 15.1 Å². The predicted octanol–water partition coefficient (Wildman–Crippen LogP) is 5.62. The second kappa shape index (κ2) is 16.5. The molecule has 1 aromatic carbocycles. The van der Waals surface area contributed by atoms with Crippen molar-refractivity contribution in [2.24, 2.45) is 0 Å². The molecule has 36 heavy (non-hydrogen) atoms. The fraction of sp³-hybridized carbons (Fsp3) is 0.655. The van der Waals surface area contributed by atoms with Crippen LogP contribution in [0.2, 0.25) is 0 Å². The molecule has 7 heteroatoms. The zero-order valence-electron chi connectivity index (χ0n) is 24.4. The van der Waals surface area contributed by atoms with Gasteiger partial charge in [-0.3, -0.25) is 0 Å². The van der Waals surface area contributed by atoms with E-state index in [4.69, 9.17) is 20.1 Å². The van der Waals surface area contributed by atoms with Gasteiger partial charge in [0.05, 0.1) is 11.2 Å². The van der Waals surface area contributed by atoms with Crippen LogP contribution in [0.15, 0.2) is 18.2 Å². The molecule has 2 unspecified atom stereocenters. The van der Waals surface area contributed by atoms with Crippen molar-refractivity contribution >= 4 is 18.3 Å². The van der Waals surface area contributed by atoms with Gasteiger partial charge < -0.3 is 25.6 Å². The number of aliphatic hydroxyl groups excluding tert-OH is 2. The molecule has 1 aliphatic carbocycles. The zero-order chi connectivity index (χ0) is 28.1. The number of aliphatic hydroxyl groups is 2. The summed E-state index contributed by atoms with van der Waals surface area (Å²) in [5.41, 5.74) is 6.59. The van der Waals surface area contributed by atoms with E-state index in [0.717, 1.165) is 32.9 Å². The average molecular weight is 505 g/mol. The Hall–Kier alpha value is -2.22. The van der Waals surface area contributed by atoms with Crippen molar-refractivity contribution in [1.29, 1.82) is 0 Å². The number of aryl methyl sites for hydroxylation is 1. The molecule has 2 aromatic rings. The van der Waals surface area contributed by atoms with Gasteiger partial charge in [-0.05, 0) is 83.1 Å². The molecule has 4 N–H and O–H groups in total. The lowest BCUT2D eigenvalue weighted by atomic mass is 9.97. The summed E-state index contributed by atoms with van der Waals surface area (Å²) in [6.45, 7) is 19.9. The summed E-state index contributed by atoms with van der Waals surface area (Å²) < 4.78 is 2.19. The molecule has 0 amide bonds. The molecule has 206 valence electrons. The van der Waals surface area contributed by atoms with Gasteiger partial charge in [-0.1, -0.05) is 33.3 Å². The van der Waals surface area contributed by atoms with Crippen LogP contribution < -0.4 is 10.6 Å². The van der Waals surface area contributed by atoms with Crippen molar-refractivity contribution in [2.75, 3.05) is 19.5 Å². The van der Waals surface area contributed by atoms with Crippen molar-refractivity contribution in [3.8, 4) is 0 Å². The fourth-order valence-electron chi connectivity index (χ4n) is 4.77. The van der Waals surface area contributed by atoms with Gasteiger partial charge in [-0.2, -0.15) is 5.10 Å². The number of rotatable bonds is 7. The maximum absolute atomic E-state index is 8.00. The first-order valence-electron chi connectivity index (χ1n) is 13.0. The summed E-state index contributed by atoms with van der Waals surface area (Å²) in [6, 6.07) is 7.93. The monoisotopic (exact) mass is 504 g/mol. The van der Waals surface area contributed by atoms with Crippen LogP contribution in [0.4, 0.5) is 11.5 Å². The van der Waals surface area contributed by atoms with Gasteiger partial charge in [0.25, 0.3) is 0 Å². The summed E-state index contributed by atoms with van der Waals surface area (Å²) >= 11 is 0. The van der Waals surface area contributed by atoms with Crippen LogP contribution in [0.3, 0.4) is 0 Å². The predicted molar refractivity (Wildman–Crippen MR) is 152 cm³/mol. The molecule has 0 radical (unpaired) electrons. The minimum Gasteiger partial charge on any atom is -0.400 e. The Balaban J connectivity index is 0.00000190. The third-order valence-corrected chi connectivity index (χ3v) is 6.42. The van der Waals surface area contributed by atoms with Gasteiger partial charge in [-0.15, -0.1) is 0 Å². The normalized spacial score (nSPS) is 16.8. The Morgan fingerprint density at radius 2 is 1.72 bits per heavy atom. The van der Waals surface area contributed by atoms with Crippen LogP contribution in [0.5, 0.6) is 0 Å². The van der Waals surface area contributed by atoms with Gasteiger partial charge in [0.2, 0.25) is 0 Å². The van der Waals surface area contributed by atoms with E-state index in [9.17, 15) is 0 Å². The summed E-state index contributed by atoms with van der Waals surface area (Å²) in [5.74, 6) is 1.65. The molecule has 1 saturated carbocycles. The highest BCUT2D eigenvalue weighted by Crippen LogP contribution is 2.37. The number of anilines is 2. The van der Waals surface area contributed by atoms with E-state index in [0.29, 0.717) is 18.0 Å². The molecular weight excluding hydrogens is 452 g/mol. The molecule has 0 spiro atoms. The molecule has 1 aliphatic rings. The molecule has 2 atom stereocenters. The van der Waals surface area contributed by atoms with Crippen molar-refractivity contribution < 1.29 is 15.0 Å². The number of nitrogens with zero attached hydrogens (tertiary/aromatic N) is 2. The van der Waals surface area contributed by atoms with Gasteiger partial charge in [0.15, 0.2) is 0 Å². The number of hydrogen-bond donors (Lipinski definition) is 4. The lowest BCUT2D eigenvalue weighted by Crippen LogP contribution is -2.32. The Morgan fingerprint density at radius 3 is 2.25 bits per heavy atom. The first-order chi connectivity index (χ1) is 17.1. The number of benzene rings is 1. The van der Waals surface area contributed by atoms with Gasteiger partial charge >= 0.3 is 0 Å². The third kappa shape index (κ3) is 9.34.